The molecule has 1 unspecified atom stereocenters. The van der Waals surface area contributed by atoms with Gasteiger partial charge in [-0.3, -0.25) is 9.69 Å². The van der Waals surface area contributed by atoms with E-state index in [-0.39, 0.29) is 11.3 Å². The van der Waals surface area contributed by atoms with Crippen LogP contribution in [0.1, 0.15) is 50.5 Å². The minimum Gasteiger partial charge on any atom is -0.376 e. The van der Waals surface area contributed by atoms with E-state index in [1.54, 1.807) is 0 Å². The molecule has 4 fully saturated rings. The van der Waals surface area contributed by atoms with E-state index >= 15 is 0 Å². The molecule has 1 aromatic rings. The highest BCUT2D eigenvalue weighted by Gasteiger charge is 2.70. The highest BCUT2D eigenvalue weighted by atomic mass is 16.5. The second-order valence-electron chi connectivity index (χ2n) is 9.32. The maximum absolute atomic E-state index is 12.9. The number of piperidine rings is 1. The number of ketones is 1. The summed E-state index contributed by atoms with van der Waals surface area (Å²) in [6.45, 7) is 3.21. The maximum Gasteiger partial charge on any atom is 0.137 e. The molecule has 4 aliphatic rings. The summed E-state index contributed by atoms with van der Waals surface area (Å²) in [6.07, 6.45) is 6.65. The summed E-state index contributed by atoms with van der Waals surface area (Å²) in [6, 6.07) is 10.3. The summed E-state index contributed by atoms with van der Waals surface area (Å²) in [5, 5.41) is 12.0. The molecular weight excluding hydrogens is 338 g/mol. The van der Waals surface area contributed by atoms with Crippen molar-refractivity contribution in [2.24, 2.45) is 23.2 Å². The fraction of sp³-hybridized carbons (Fsp3) is 0.696. The molecule has 5 rings (SSSR count). The molecule has 27 heavy (non-hydrogen) atoms. The van der Waals surface area contributed by atoms with E-state index in [1.165, 1.54) is 5.56 Å². The predicted octanol–water partition coefficient (Wildman–Crippen LogP) is 3.38. The number of ether oxygens (including phenoxy) is 1. The molecular formula is C23H31NO3. The van der Waals surface area contributed by atoms with Crippen LogP contribution in [-0.4, -0.2) is 41.2 Å². The van der Waals surface area contributed by atoms with Crippen molar-refractivity contribution in [1.29, 1.82) is 0 Å². The molecule has 2 saturated heterocycles. The zero-order valence-electron chi connectivity index (χ0n) is 16.1. The van der Waals surface area contributed by atoms with E-state index in [0.29, 0.717) is 37.3 Å². The topological polar surface area (TPSA) is 49.8 Å². The molecule has 1 spiro atoms. The van der Waals surface area contributed by atoms with Gasteiger partial charge in [-0.05, 0) is 55.9 Å². The SMILES string of the molecule is O=C1C[C@@H]2C[C@@H](COCc3ccccc3)C[C@@]3(O)N4CCC[C@H]1[C@]23CCC4. The van der Waals surface area contributed by atoms with Crippen molar-refractivity contribution in [3.8, 4) is 0 Å². The number of benzene rings is 1. The first kappa shape index (κ1) is 17.8. The first-order chi connectivity index (χ1) is 13.1. The van der Waals surface area contributed by atoms with Crippen molar-refractivity contribution < 1.29 is 14.6 Å². The minimum absolute atomic E-state index is 0.0870. The Morgan fingerprint density at radius 3 is 2.85 bits per heavy atom. The van der Waals surface area contributed by atoms with Crippen LogP contribution in [0.4, 0.5) is 0 Å². The van der Waals surface area contributed by atoms with Crippen molar-refractivity contribution in [3.63, 3.8) is 0 Å². The second-order valence-corrected chi connectivity index (χ2v) is 9.32. The van der Waals surface area contributed by atoms with Gasteiger partial charge in [0.25, 0.3) is 0 Å². The Balaban J connectivity index is 1.36. The van der Waals surface area contributed by atoms with Gasteiger partial charge in [-0.15, -0.1) is 0 Å². The van der Waals surface area contributed by atoms with Gasteiger partial charge in [0.15, 0.2) is 0 Å². The number of Topliss-reactive ketones (excluding diaryl/α,β-unsaturated/α-hetero) is 1. The van der Waals surface area contributed by atoms with Gasteiger partial charge in [0.1, 0.15) is 11.5 Å². The summed E-state index contributed by atoms with van der Waals surface area (Å²) in [5.41, 5.74) is 0.200. The van der Waals surface area contributed by atoms with Crippen molar-refractivity contribution in [2.45, 2.75) is 57.3 Å². The summed E-state index contributed by atoms with van der Waals surface area (Å²) in [5.74, 6) is 1.18. The van der Waals surface area contributed by atoms with Crippen LogP contribution >= 0.6 is 0 Å². The van der Waals surface area contributed by atoms with E-state index < -0.39 is 5.72 Å². The molecule has 2 saturated carbocycles. The zero-order chi connectivity index (χ0) is 18.5. The molecule has 0 amide bonds. The number of carbonyl (C=O) groups is 1. The van der Waals surface area contributed by atoms with Crippen LogP contribution in [0, 0.1) is 23.2 Å². The van der Waals surface area contributed by atoms with Gasteiger partial charge >= 0.3 is 0 Å². The summed E-state index contributed by atoms with van der Waals surface area (Å²) >= 11 is 0. The normalized spacial score (nSPS) is 43.2. The lowest BCUT2D eigenvalue weighted by Gasteiger charge is -2.61. The molecule has 4 nitrogen and oxygen atoms in total. The number of aliphatic hydroxyl groups is 1. The molecule has 1 N–H and O–H groups in total. The average molecular weight is 370 g/mol. The van der Waals surface area contributed by atoms with E-state index in [4.69, 9.17) is 4.74 Å². The number of hydrogen-bond donors (Lipinski definition) is 1. The number of nitrogens with zero attached hydrogens (tertiary/aromatic N) is 1. The lowest BCUT2D eigenvalue weighted by molar-refractivity contribution is -0.268. The molecule has 1 aromatic carbocycles. The molecule has 146 valence electrons. The first-order valence-electron chi connectivity index (χ1n) is 10.8. The van der Waals surface area contributed by atoms with Crippen LogP contribution in [0.5, 0.6) is 0 Å². The van der Waals surface area contributed by atoms with Crippen molar-refractivity contribution in [1.82, 2.24) is 4.90 Å². The monoisotopic (exact) mass is 369 g/mol. The Morgan fingerprint density at radius 1 is 1.19 bits per heavy atom. The smallest absolute Gasteiger partial charge is 0.137 e. The maximum atomic E-state index is 12.9. The van der Waals surface area contributed by atoms with Gasteiger partial charge in [-0.2, -0.15) is 0 Å². The molecule has 0 radical (unpaired) electrons. The predicted molar refractivity (Wildman–Crippen MR) is 103 cm³/mol. The van der Waals surface area contributed by atoms with Gasteiger partial charge in [0, 0.05) is 30.8 Å². The van der Waals surface area contributed by atoms with Crippen LogP contribution in [0.3, 0.4) is 0 Å². The van der Waals surface area contributed by atoms with Crippen molar-refractivity contribution in [3.05, 3.63) is 35.9 Å². The highest BCUT2D eigenvalue weighted by Crippen LogP contribution is 2.66. The molecule has 6 atom stereocenters. The Hall–Kier alpha value is -1.23. The van der Waals surface area contributed by atoms with E-state index in [1.807, 2.05) is 18.2 Å². The standard InChI is InChI=1S/C23H31NO3/c25-21-13-19-12-18(16-27-15-17-6-2-1-3-7-17)14-23(26)22(19)9-5-11-24(23)10-4-8-20(21)22/h1-3,6-7,18-20,26H,4-5,8-16H2/t18-,19+,20-,22+,23+/m1/s1. The average Bonchev–Trinajstić information content (AvgIpc) is 2.91. The molecule has 2 bridgehead atoms. The van der Waals surface area contributed by atoms with E-state index in [0.717, 1.165) is 51.6 Å². The minimum atomic E-state index is -0.803. The number of hydrogen-bond acceptors (Lipinski definition) is 4. The Morgan fingerprint density at radius 2 is 2.00 bits per heavy atom. The zero-order valence-corrected chi connectivity index (χ0v) is 16.1. The van der Waals surface area contributed by atoms with Gasteiger partial charge in [0.2, 0.25) is 0 Å². The van der Waals surface area contributed by atoms with Gasteiger partial charge in [0.05, 0.1) is 13.2 Å². The quantitative estimate of drug-likeness (QED) is 0.884. The van der Waals surface area contributed by atoms with E-state index in [2.05, 4.69) is 17.0 Å². The lowest BCUT2D eigenvalue weighted by atomic mass is 9.53. The number of rotatable bonds is 4. The van der Waals surface area contributed by atoms with Gasteiger partial charge < -0.3 is 9.84 Å². The summed E-state index contributed by atoms with van der Waals surface area (Å²) < 4.78 is 6.05. The van der Waals surface area contributed by atoms with Crippen LogP contribution in [0.2, 0.25) is 0 Å². The van der Waals surface area contributed by atoms with Crippen LogP contribution < -0.4 is 0 Å². The molecule has 2 aliphatic carbocycles. The Bertz CT molecular complexity index is 707. The highest BCUT2D eigenvalue weighted by molar-refractivity contribution is 5.85. The first-order valence-corrected chi connectivity index (χ1v) is 10.8. The Kier molecular flexibility index (Phi) is 4.41. The number of carbonyl (C=O) groups excluding carboxylic acids is 1. The van der Waals surface area contributed by atoms with Crippen LogP contribution in [0.15, 0.2) is 30.3 Å². The second kappa shape index (κ2) is 6.68. The summed E-state index contributed by atoms with van der Waals surface area (Å²) in [7, 11) is 0. The summed E-state index contributed by atoms with van der Waals surface area (Å²) in [4.78, 5) is 15.2. The molecule has 4 heteroatoms. The van der Waals surface area contributed by atoms with Crippen LogP contribution in [-0.2, 0) is 16.1 Å². The largest absolute Gasteiger partial charge is 0.376 e. The van der Waals surface area contributed by atoms with Crippen molar-refractivity contribution in [2.75, 3.05) is 19.7 Å². The Labute approximate surface area is 161 Å². The van der Waals surface area contributed by atoms with Gasteiger partial charge in [-0.25, -0.2) is 0 Å². The molecule has 2 heterocycles. The fourth-order valence-electron chi connectivity index (χ4n) is 7.11. The third-order valence-corrected chi connectivity index (χ3v) is 8.05. The third kappa shape index (κ3) is 2.64. The van der Waals surface area contributed by atoms with Crippen molar-refractivity contribution >= 4 is 5.78 Å². The lowest BCUT2D eigenvalue weighted by Crippen LogP contribution is -2.68. The third-order valence-electron chi connectivity index (χ3n) is 8.05. The van der Waals surface area contributed by atoms with Gasteiger partial charge in [-0.1, -0.05) is 30.3 Å². The molecule has 0 aromatic heterocycles. The van der Waals surface area contributed by atoms with Crippen LogP contribution in [0.25, 0.3) is 0 Å². The molecule has 2 aliphatic heterocycles. The van der Waals surface area contributed by atoms with E-state index in [9.17, 15) is 9.90 Å². The fourth-order valence-corrected chi connectivity index (χ4v) is 7.11.